The quantitative estimate of drug-likeness (QED) is 0.706. The van der Waals surface area contributed by atoms with Gasteiger partial charge in [0.25, 0.3) is 0 Å². The summed E-state index contributed by atoms with van der Waals surface area (Å²) in [6.45, 7) is 0. The van der Waals surface area contributed by atoms with E-state index in [-0.39, 0.29) is 0 Å². The third kappa shape index (κ3) is 1.40. The highest BCUT2D eigenvalue weighted by atomic mass is 79.9. The van der Waals surface area contributed by atoms with Crippen molar-refractivity contribution in [3.63, 3.8) is 0 Å². The van der Waals surface area contributed by atoms with Gasteiger partial charge in [-0.25, -0.2) is 0 Å². The maximum Gasteiger partial charge on any atom is 0.0466 e. The molecule has 1 atom stereocenters. The summed E-state index contributed by atoms with van der Waals surface area (Å²) in [6.07, 6.45) is 5.65. The van der Waals surface area contributed by atoms with Gasteiger partial charge >= 0.3 is 0 Å². The van der Waals surface area contributed by atoms with Gasteiger partial charge in [-0.3, -0.25) is 4.98 Å². The highest BCUT2D eigenvalue weighted by Crippen LogP contribution is 2.33. The van der Waals surface area contributed by atoms with E-state index in [0.29, 0.717) is 5.92 Å². The second kappa shape index (κ2) is 3.56. The van der Waals surface area contributed by atoms with Crippen molar-refractivity contribution >= 4 is 15.9 Å². The van der Waals surface area contributed by atoms with Crippen molar-refractivity contribution in [1.82, 2.24) is 4.98 Å². The van der Waals surface area contributed by atoms with Crippen LogP contribution in [-0.4, -0.2) is 10.3 Å². The topological polar surface area (TPSA) is 12.9 Å². The van der Waals surface area contributed by atoms with Crippen LogP contribution in [0.2, 0.25) is 0 Å². The Balaban J connectivity index is 2.24. The molecule has 2 heteroatoms. The van der Waals surface area contributed by atoms with Crippen LogP contribution in [-0.2, 0) is 6.42 Å². The Labute approximate surface area is 81.3 Å². The van der Waals surface area contributed by atoms with Gasteiger partial charge in [0, 0.05) is 23.1 Å². The Morgan fingerprint density at radius 2 is 2.50 bits per heavy atom. The average molecular weight is 226 g/mol. The lowest BCUT2D eigenvalue weighted by Crippen LogP contribution is -1.96. The third-order valence-electron chi connectivity index (χ3n) is 2.53. The van der Waals surface area contributed by atoms with Gasteiger partial charge in [-0.15, -0.1) is 0 Å². The fourth-order valence-corrected chi connectivity index (χ4v) is 2.46. The van der Waals surface area contributed by atoms with Crippen molar-refractivity contribution in [3.05, 3.63) is 29.6 Å². The van der Waals surface area contributed by atoms with Crippen LogP contribution in [0, 0.1) is 0 Å². The molecule has 0 amide bonds. The lowest BCUT2D eigenvalue weighted by molar-refractivity contribution is 0.650. The summed E-state index contributed by atoms with van der Waals surface area (Å²) in [5.74, 6) is 0.709. The average Bonchev–Trinajstić information content (AvgIpc) is 2.50. The second-order valence-electron chi connectivity index (χ2n) is 3.26. The summed E-state index contributed by atoms with van der Waals surface area (Å²) < 4.78 is 0. The van der Waals surface area contributed by atoms with Crippen molar-refractivity contribution in [2.24, 2.45) is 0 Å². The van der Waals surface area contributed by atoms with Gasteiger partial charge in [-0.2, -0.15) is 0 Å². The number of pyridine rings is 1. The predicted octanol–water partition coefficient (Wildman–Crippen LogP) is 2.90. The first kappa shape index (κ1) is 8.24. The smallest absolute Gasteiger partial charge is 0.0466 e. The minimum absolute atomic E-state index is 0.709. The van der Waals surface area contributed by atoms with Gasteiger partial charge in [-0.05, 0) is 30.9 Å². The van der Waals surface area contributed by atoms with Gasteiger partial charge in [0.1, 0.15) is 0 Å². The van der Waals surface area contributed by atoms with Crippen LogP contribution in [0.3, 0.4) is 0 Å². The number of hydrogen-bond donors (Lipinski definition) is 0. The first-order valence-electron chi connectivity index (χ1n) is 4.41. The van der Waals surface area contributed by atoms with Gasteiger partial charge in [0.05, 0.1) is 0 Å². The van der Waals surface area contributed by atoms with Crippen LogP contribution in [0.1, 0.15) is 30.0 Å². The zero-order valence-corrected chi connectivity index (χ0v) is 8.55. The summed E-state index contributed by atoms with van der Waals surface area (Å²) in [5.41, 5.74) is 2.81. The van der Waals surface area contributed by atoms with Crippen molar-refractivity contribution in [1.29, 1.82) is 0 Å². The van der Waals surface area contributed by atoms with Crippen molar-refractivity contribution in [3.8, 4) is 0 Å². The van der Waals surface area contributed by atoms with E-state index in [2.05, 4.69) is 27.0 Å². The molecule has 0 aromatic carbocycles. The molecule has 64 valence electrons. The summed E-state index contributed by atoms with van der Waals surface area (Å²) in [4.78, 5) is 4.44. The molecule has 1 aromatic rings. The molecule has 1 heterocycles. The van der Waals surface area contributed by atoms with Crippen LogP contribution in [0.4, 0.5) is 0 Å². The fraction of sp³-hybridized carbons (Fsp3) is 0.500. The lowest BCUT2D eigenvalue weighted by atomic mass is 10.0. The molecule has 1 aromatic heterocycles. The Morgan fingerprint density at radius 3 is 3.33 bits per heavy atom. The number of aromatic nitrogens is 1. The molecule has 0 spiro atoms. The first-order valence-corrected chi connectivity index (χ1v) is 5.53. The zero-order valence-electron chi connectivity index (χ0n) is 6.96. The van der Waals surface area contributed by atoms with E-state index in [9.17, 15) is 0 Å². The molecule has 0 N–H and O–H groups in total. The Kier molecular flexibility index (Phi) is 2.45. The largest absolute Gasteiger partial charge is 0.261 e. The summed E-state index contributed by atoms with van der Waals surface area (Å²) in [6, 6.07) is 4.24. The fourth-order valence-electron chi connectivity index (χ4n) is 1.91. The van der Waals surface area contributed by atoms with E-state index < -0.39 is 0 Å². The minimum atomic E-state index is 0.709. The summed E-state index contributed by atoms with van der Waals surface area (Å²) in [5, 5.41) is 1.09. The maximum absolute atomic E-state index is 4.44. The zero-order chi connectivity index (χ0) is 8.39. The minimum Gasteiger partial charge on any atom is -0.261 e. The SMILES string of the molecule is BrCCC1CCc2cccnc21. The van der Waals surface area contributed by atoms with E-state index >= 15 is 0 Å². The van der Waals surface area contributed by atoms with Gasteiger partial charge in [0.2, 0.25) is 0 Å². The van der Waals surface area contributed by atoms with E-state index in [1.54, 1.807) is 0 Å². The van der Waals surface area contributed by atoms with Crippen LogP contribution >= 0.6 is 15.9 Å². The monoisotopic (exact) mass is 225 g/mol. The Bertz CT molecular complexity index is 270. The van der Waals surface area contributed by atoms with Gasteiger partial charge in [-0.1, -0.05) is 22.0 Å². The molecule has 0 saturated heterocycles. The molecule has 0 fully saturated rings. The number of hydrogen-bond acceptors (Lipinski definition) is 1. The van der Waals surface area contributed by atoms with E-state index in [1.807, 2.05) is 12.3 Å². The second-order valence-corrected chi connectivity index (χ2v) is 4.05. The molecular formula is C10H12BrN. The molecular weight excluding hydrogens is 214 g/mol. The first-order chi connectivity index (χ1) is 5.92. The molecule has 1 unspecified atom stereocenters. The normalized spacial score (nSPS) is 20.9. The molecule has 0 bridgehead atoms. The van der Waals surface area contributed by atoms with Gasteiger partial charge in [0.15, 0.2) is 0 Å². The van der Waals surface area contributed by atoms with Gasteiger partial charge < -0.3 is 0 Å². The lowest BCUT2D eigenvalue weighted by Gasteiger charge is -2.06. The number of aryl methyl sites for hydroxylation is 1. The molecule has 1 nitrogen and oxygen atoms in total. The third-order valence-corrected chi connectivity index (χ3v) is 2.99. The van der Waals surface area contributed by atoms with Crippen molar-refractivity contribution < 1.29 is 0 Å². The number of rotatable bonds is 2. The number of fused-ring (bicyclic) bond motifs is 1. The maximum atomic E-state index is 4.44. The molecule has 0 saturated carbocycles. The molecule has 0 aliphatic heterocycles. The van der Waals surface area contributed by atoms with E-state index in [4.69, 9.17) is 0 Å². The molecule has 2 rings (SSSR count). The summed E-state index contributed by atoms with van der Waals surface area (Å²) in [7, 11) is 0. The predicted molar refractivity (Wildman–Crippen MR) is 53.7 cm³/mol. The summed E-state index contributed by atoms with van der Waals surface area (Å²) >= 11 is 3.48. The van der Waals surface area contributed by atoms with E-state index in [0.717, 1.165) is 5.33 Å². The Hall–Kier alpha value is -0.370. The van der Waals surface area contributed by atoms with Crippen LogP contribution in [0.15, 0.2) is 18.3 Å². The highest BCUT2D eigenvalue weighted by Gasteiger charge is 2.22. The number of nitrogens with zero attached hydrogens (tertiary/aromatic N) is 1. The standard InChI is InChI=1S/C10H12BrN/c11-6-5-9-4-3-8-2-1-7-12-10(8)9/h1-2,7,9H,3-6H2. The number of alkyl halides is 1. The Morgan fingerprint density at radius 1 is 1.58 bits per heavy atom. The molecule has 1 aliphatic rings. The molecule has 1 aliphatic carbocycles. The van der Waals surface area contributed by atoms with Crippen LogP contribution in [0.25, 0.3) is 0 Å². The van der Waals surface area contributed by atoms with Crippen LogP contribution in [0.5, 0.6) is 0 Å². The highest BCUT2D eigenvalue weighted by molar-refractivity contribution is 9.09. The molecule has 12 heavy (non-hydrogen) atoms. The van der Waals surface area contributed by atoms with Crippen molar-refractivity contribution in [2.75, 3.05) is 5.33 Å². The van der Waals surface area contributed by atoms with Crippen molar-refractivity contribution in [2.45, 2.75) is 25.2 Å². The van der Waals surface area contributed by atoms with Crippen LogP contribution < -0.4 is 0 Å². The molecule has 0 radical (unpaired) electrons. The van der Waals surface area contributed by atoms with E-state index in [1.165, 1.54) is 30.5 Å². The number of halogens is 1.